The fourth-order valence-corrected chi connectivity index (χ4v) is 1.41. The normalized spacial score (nSPS) is 14.7. The predicted molar refractivity (Wildman–Crippen MR) is 53.0 cm³/mol. The van der Waals surface area contributed by atoms with E-state index in [0.29, 0.717) is 25.8 Å². The maximum atomic E-state index is 11.1. The van der Waals surface area contributed by atoms with Crippen molar-refractivity contribution in [3.63, 3.8) is 0 Å². The molecular weight excluding hydrogens is 214 g/mol. The van der Waals surface area contributed by atoms with E-state index in [1.165, 1.54) is 12.2 Å². The standard InChI is InChI=1S/C10H13NO5/c12-8-5-6-9(13)11(8)7-3-1-2-4-10(14)16-15/h5-6,15H,1-4,7H2. The maximum absolute atomic E-state index is 11.1. The summed E-state index contributed by atoms with van der Waals surface area (Å²) < 4.78 is 0. The summed E-state index contributed by atoms with van der Waals surface area (Å²) in [5.41, 5.74) is 0. The lowest BCUT2D eigenvalue weighted by Crippen LogP contribution is -2.30. The molecule has 2 amide bonds. The Bertz CT molecular complexity index is 305. The SMILES string of the molecule is O=C(CCCCCN1C(=O)C=CC1=O)OO. The molecular formula is C10H13NO5. The van der Waals surface area contributed by atoms with Crippen molar-refractivity contribution in [2.75, 3.05) is 6.54 Å². The third kappa shape index (κ3) is 3.47. The molecule has 0 bridgehead atoms. The summed E-state index contributed by atoms with van der Waals surface area (Å²) in [7, 11) is 0. The van der Waals surface area contributed by atoms with E-state index >= 15 is 0 Å². The molecule has 0 saturated carbocycles. The van der Waals surface area contributed by atoms with Gasteiger partial charge in [0.2, 0.25) is 0 Å². The van der Waals surface area contributed by atoms with Crippen LogP contribution in [-0.4, -0.2) is 34.5 Å². The Hall–Kier alpha value is -1.69. The molecule has 0 fully saturated rings. The van der Waals surface area contributed by atoms with Crippen LogP contribution in [0.5, 0.6) is 0 Å². The van der Waals surface area contributed by atoms with E-state index in [1.807, 2.05) is 0 Å². The molecule has 1 aliphatic rings. The molecule has 0 unspecified atom stereocenters. The third-order valence-corrected chi connectivity index (χ3v) is 2.26. The van der Waals surface area contributed by atoms with Gasteiger partial charge in [-0.15, -0.1) is 0 Å². The van der Waals surface area contributed by atoms with Crippen LogP contribution in [0.15, 0.2) is 12.2 Å². The molecule has 0 radical (unpaired) electrons. The monoisotopic (exact) mass is 227 g/mol. The number of hydrogen-bond donors (Lipinski definition) is 1. The molecule has 0 aromatic carbocycles. The van der Waals surface area contributed by atoms with Gasteiger partial charge < -0.3 is 4.89 Å². The number of unbranched alkanes of at least 4 members (excludes halogenated alkanes) is 2. The highest BCUT2D eigenvalue weighted by atomic mass is 17.1. The lowest BCUT2D eigenvalue weighted by atomic mass is 10.2. The predicted octanol–water partition coefficient (Wildman–Crippen LogP) is 0.488. The zero-order valence-corrected chi connectivity index (χ0v) is 8.72. The summed E-state index contributed by atoms with van der Waals surface area (Å²) in [6.45, 7) is 0.360. The Morgan fingerprint density at radius 1 is 1.19 bits per heavy atom. The Morgan fingerprint density at radius 3 is 2.38 bits per heavy atom. The molecule has 6 nitrogen and oxygen atoms in total. The zero-order valence-electron chi connectivity index (χ0n) is 8.72. The highest BCUT2D eigenvalue weighted by Gasteiger charge is 2.22. The summed E-state index contributed by atoms with van der Waals surface area (Å²) in [6.07, 6.45) is 4.50. The Balaban J connectivity index is 2.10. The van der Waals surface area contributed by atoms with Gasteiger partial charge >= 0.3 is 5.97 Å². The van der Waals surface area contributed by atoms with Crippen molar-refractivity contribution in [1.82, 2.24) is 4.90 Å². The number of amides is 2. The van der Waals surface area contributed by atoms with Gasteiger partial charge in [0.1, 0.15) is 0 Å². The quantitative estimate of drug-likeness (QED) is 0.309. The molecule has 1 N–H and O–H groups in total. The largest absolute Gasteiger partial charge is 0.342 e. The van der Waals surface area contributed by atoms with Gasteiger partial charge in [0, 0.05) is 25.1 Å². The van der Waals surface area contributed by atoms with Gasteiger partial charge in [-0.1, -0.05) is 6.42 Å². The van der Waals surface area contributed by atoms with Gasteiger partial charge in [-0.25, -0.2) is 4.79 Å². The molecule has 88 valence electrons. The molecule has 0 aromatic heterocycles. The Kier molecular flexibility index (Phi) is 4.65. The minimum absolute atomic E-state index is 0.136. The Morgan fingerprint density at radius 2 is 1.81 bits per heavy atom. The number of nitrogens with zero attached hydrogens (tertiary/aromatic N) is 1. The van der Waals surface area contributed by atoms with Crippen molar-refractivity contribution in [2.24, 2.45) is 0 Å². The highest BCUT2D eigenvalue weighted by molar-refractivity contribution is 6.12. The fourth-order valence-electron chi connectivity index (χ4n) is 1.41. The number of hydrogen-bond acceptors (Lipinski definition) is 5. The fraction of sp³-hybridized carbons (Fsp3) is 0.500. The van der Waals surface area contributed by atoms with Crippen LogP contribution in [0, 0.1) is 0 Å². The van der Waals surface area contributed by atoms with Crippen LogP contribution in [0.25, 0.3) is 0 Å². The zero-order chi connectivity index (χ0) is 12.0. The highest BCUT2D eigenvalue weighted by Crippen LogP contribution is 2.07. The minimum atomic E-state index is -0.671. The van der Waals surface area contributed by atoms with E-state index in [-0.39, 0.29) is 18.2 Å². The number of carbonyl (C=O) groups is 3. The first-order valence-electron chi connectivity index (χ1n) is 5.03. The van der Waals surface area contributed by atoms with Gasteiger partial charge in [0.05, 0.1) is 0 Å². The average molecular weight is 227 g/mol. The lowest BCUT2D eigenvalue weighted by molar-refractivity contribution is -0.234. The van der Waals surface area contributed by atoms with Gasteiger partial charge in [0.15, 0.2) is 0 Å². The molecule has 1 rings (SSSR count). The molecule has 0 aromatic rings. The van der Waals surface area contributed by atoms with E-state index in [9.17, 15) is 14.4 Å². The van der Waals surface area contributed by atoms with Gasteiger partial charge in [-0.2, -0.15) is 5.26 Å². The van der Waals surface area contributed by atoms with Gasteiger partial charge in [-0.05, 0) is 12.8 Å². The topological polar surface area (TPSA) is 83.9 Å². The van der Waals surface area contributed by atoms with Crippen molar-refractivity contribution >= 4 is 17.8 Å². The molecule has 0 aliphatic carbocycles. The van der Waals surface area contributed by atoms with Crippen LogP contribution in [0.1, 0.15) is 25.7 Å². The molecule has 1 heterocycles. The first kappa shape index (κ1) is 12.4. The molecule has 6 heteroatoms. The number of carbonyl (C=O) groups excluding carboxylic acids is 3. The molecule has 1 aliphatic heterocycles. The summed E-state index contributed by atoms with van der Waals surface area (Å²) in [6, 6.07) is 0. The van der Waals surface area contributed by atoms with Crippen molar-refractivity contribution in [2.45, 2.75) is 25.7 Å². The second-order valence-corrected chi connectivity index (χ2v) is 3.44. The van der Waals surface area contributed by atoms with Crippen LogP contribution < -0.4 is 0 Å². The first-order valence-corrected chi connectivity index (χ1v) is 5.03. The van der Waals surface area contributed by atoms with Crippen LogP contribution in [0.4, 0.5) is 0 Å². The minimum Gasteiger partial charge on any atom is -0.301 e. The van der Waals surface area contributed by atoms with E-state index in [2.05, 4.69) is 4.89 Å². The van der Waals surface area contributed by atoms with E-state index in [1.54, 1.807) is 0 Å². The number of imide groups is 1. The second-order valence-electron chi connectivity index (χ2n) is 3.44. The molecule has 0 spiro atoms. The first-order chi connectivity index (χ1) is 7.65. The summed E-state index contributed by atoms with van der Waals surface area (Å²) in [5, 5.41) is 7.98. The molecule has 16 heavy (non-hydrogen) atoms. The lowest BCUT2D eigenvalue weighted by Gasteiger charge is -2.12. The van der Waals surface area contributed by atoms with E-state index in [0.717, 1.165) is 4.90 Å². The van der Waals surface area contributed by atoms with Crippen LogP contribution in [-0.2, 0) is 19.3 Å². The average Bonchev–Trinajstić information content (AvgIpc) is 2.59. The van der Waals surface area contributed by atoms with Crippen LogP contribution >= 0.6 is 0 Å². The van der Waals surface area contributed by atoms with E-state index in [4.69, 9.17) is 5.26 Å². The van der Waals surface area contributed by atoms with Crippen molar-refractivity contribution < 1.29 is 24.5 Å². The van der Waals surface area contributed by atoms with Crippen LogP contribution in [0.2, 0.25) is 0 Å². The maximum Gasteiger partial charge on any atom is 0.342 e. The third-order valence-electron chi connectivity index (χ3n) is 2.26. The van der Waals surface area contributed by atoms with Crippen LogP contribution in [0.3, 0.4) is 0 Å². The summed E-state index contributed by atoms with van der Waals surface area (Å²) in [4.78, 5) is 37.4. The summed E-state index contributed by atoms with van der Waals surface area (Å²) in [5.74, 6) is -1.26. The van der Waals surface area contributed by atoms with E-state index < -0.39 is 5.97 Å². The molecule has 0 atom stereocenters. The van der Waals surface area contributed by atoms with Crippen molar-refractivity contribution in [3.05, 3.63) is 12.2 Å². The Labute approximate surface area is 92.4 Å². The van der Waals surface area contributed by atoms with Crippen molar-refractivity contribution in [3.8, 4) is 0 Å². The smallest absolute Gasteiger partial charge is 0.301 e. The van der Waals surface area contributed by atoms with Crippen molar-refractivity contribution in [1.29, 1.82) is 0 Å². The summed E-state index contributed by atoms with van der Waals surface area (Å²) >= 11 is 0. The van der Waals surface area contributed by atoms with Gasteiger partial charge in [0.25, 0.3) is 11.8 Å². The number of rotatable bonds is 6. The van der Waals surface area contributed by atoms with Gasteiger partial charge in [-0.3, -0.25) is 14.5 Å². The molecule has 0 saturated heterocycles. The second kappa shape index (κ2) is 6.02.